The summed E-state index contributed by atoms with van der Waals surface area (Å²) < 4.78 is 17.7. The Morgan fingerprint density at radius 2 is 2.24 bits per heavy atom. The number of ether oxygens (including phenoxy) is 3. The predicted octanol–water partition coefficient (Wildman–Crippen LogP) is 2.26. The van der Waals surface area contributed by atoms with Gasteiger partial charge in [0, 0.05) is 12.6 Å². The van der Waals surface area contributed by atoms with Gasteiger partial charge < -0.3 is 14.2 Å². The van der Waals surface area contributed by atoms with E-state index < -0.39 is 5.97 Å². The van der Waals surface area contributed by atoms with Crippen molar-refractivity contribution >= 4 is 23.6 Å². The number of rotatable bonds is 6. The minimum absolute atomic E-state index is 0.0120. The fourth-order valence-corrected chi connectivity index (χ4v) is 2.56. The molecule has 25 heavy (non-hydrogen) atoms. The van der Waals surface area contributed by atoms with Crippen molar-refractivity contribution in [1.29, 1.82) is 0 Å². The summed E-state index contributed by atoms with van der Waals surface area (Å²) in [5.74, 6) is 1.09. The number of carbonyl (C=O) groups excluding carboxylic acids is 1. The van der Waals surface area contributed by atoms with Gasteiger partial charge in [-0.3, -0.25) is 0 Å². The molecule has 0 fully saturated rings. The molecule has 1 aromatic heterocycles. The zero-order valence-electron chi connectivity index (χ0n) is 13.6. The van der Waals surface area contributed by atoms with Crippen LogP contribution in [0.2, 0.25) is 5.02 Å². The van der Waals surface area contributed by atoms with Gasteiger partial charge in [0.1, 0.15) is 13.2 Å². The van der Waals surface area contributed by atoms with Gasteiger partial charge in [-0.2, -0.15) is 0 Å². The van der Waals surface area contributed by atoms with Crippen LogP contribution < -0.4 is 9.47 Å². The summed E-state index contributed by atoms with van der Waals surface area (Å²) in [5, 5.41) is 11.7. The van der Waals surface area contributed by atoms with Crippen LogP contribution in [0.3, 0.4) is 0 Å². The molecule has 0 unspecified atom stereocenters. The predicted molar refractivity (Wildman–Crippen MR) is 89.4 cm³/mol. The Morgan fingerprint density at radius 1 is 1.40 bits per heavy atom. The minimum atomic E-state index is -0.503. The van der Waals surface area contributed by atoms with Crippen LogP contribution in [0, 0.1) is 0 Å². The van der Waals surface area contributed by atoms with Crippen LogP contribution in [-0.2, 0) is 22.7 Å². The molecular formula is C16H17ClN4O4. The quantitative estimate of drug-likeness (QED) is 0.573. The van der Waals surface area contributed by atoms with Crippen molar-refractivity contribution < 1.29 is 19.0 Å². The molecular weight excluding hydrogens is 348 g/mol. The number of carbonyl (C=O) groups is 1. The van der Waals surface area contributed by atoms with E-state index in [-0.39, 0.29) is 6.61 Å². The number of tetrazole rings is 1. The first-order chi connectivity index (χ1) is 12.2. The molecule has 132 valence electrons. The monoisotopic (exact) mass is 364 g/mol. The molecule has 0 saturated heterocycles. The van der Waals surface area contributed by atoms with Crippen molar-refractivity contribution in [3.63, 3.8) is 0 Å². The lowest BCUT2D eigenvalue weighted by Gasteiger charge is -2.19. The number of fused-ring (bicyclic) bond motifs is 1. The van der Waals surface area contributed by atoms with Gasteiger partial charge in [-0.1, -0.05) is 18.5 Å². The first kappa shape index (κ1) is 17.2. The summed E-state index contributed by atoms with van der Waals surface area (Å²) >= 11 is 6.16. The highest BCUT2D eigenvalue weighted by atomic mass is 35.5. The molecule has 0 saturated carbocycles. The maximum absolute atomic E-state index is 11.9. The van der Waals surface area contributed by atoms with Crippen LogP contribution in [-0.4, -0.2) is 39.4 Å². The second-order valence-electron chi connectivity index (χ2n) is 5.29. The van der Waals surface area contributed by atoms with Crippen LogP contribution in [0.25, 0.3) is 6.08 Å². The molecule has 3 rings (SSSR count). The lowest BCUT2D eigenvalue weighted by Crippen LogP contribution is -2.15. The molecule has 1 aromatic carbocycles. The Balaban J connectivity index is 1.61. The Bertz CT molecular complexity index is 790. The lowest BCUT2D eigenvalue weighted by molar-refractivity contribution is -0.139. The first-order valence-electron chi connectivity index (χ1n) is 7.86. The van der Waals surface area contributed by atoms with Crippen molar-refractivity contribution in [1.82, 2.24) is 20.2 Å². The average molecular weight is 365 g/mol. The molecule has 0 N–H and O–H groups in total. The standard InChI is InChI=1S/C16H17ClN4O4/c1-2-5-21-14(18-19-20-21)10-25-15(22)4-3-11-8-12(17)16-13(9-11)23-6-7-24-16/h3-4,8-9H,2,5-7,10H2,1H3/b4-3+. The van der Waals surface area contributed by atoms with E-state index in [1.165, 1.54) is 6.08 Å². The molecule has 8 nitrogen and oxygen atoms in total. The summed E-state index contributed by atoms with van der Waals surface area (Å²) in [6.45, 7) is 3.62. The topological polar surface area (TPSA) is 88.4 Å². The summed E-state index contributed by atoms with van der Waals surface area (Å²) in [6, 6.07) is 3.45. The van der Waals surface area contributed by atoms with E-state index in [0.29, 0.717) is 47.7 Å². The third-order valence-electron chi connectivity index (χ3n) is 3.42. The van der Waals surface area contributed by atoms with Gasteiger partial charge in [0.15, 0.2) is 23.9 Å². The van der Waals surface area contributed by atoms with Crippen molar-refractivity contribution in [2.45, 2.75) is 26.5 Å². The van der Waals surface area contributed by atoms with Crippen molar-refractivity contribution in [3.8, 4) is 11.5 Å². The fourth-order valence-electron chi connectivity index (χ4n) is 2.29. The number of nitrogens with zero attached hydrogens (tertiary/aromatic N) is 4. The highest BCUT2D eigenvalue weighted by Crippen LogP contribution is 2.38. The van der Waals surface area contributed by atoms with Gasteiger partial charge in [0.25, 0.3) is 0 Å². The van der Waals surface area contributed by atoms with Crippen LogP contribution in [0.1, 0.15) is 24.7 Å². The number of esters is 1. The van der Waals surface area contributed by atoms with Crippen molar-refractivity contribution in [2.24, 2.45) is 0 Å². The highest BCUT2D eigenvalue weighted by Gasteiger charge is 2.16. The van der Waals surface area contributed by atoms with Crippen LogP contribution in [0.15, 0.2) is 18.2 Å². The van der Waals surface area contributed by atoms with E-state index in [4.69, 9.17) is 25.8 Å². The van der Waals surface area contributed by atoms with Gasteiger partial charge in [-0.15, -0.1) is 5.10 Å². The Kier molecular flexibility index (Phi) is 5.49. The average Bonchev–Trinajstić information content (AvgIpc) is 3.06. The van der Waals surface area contributed by atoms with Gasteiger partial charge in [-0.25, -0.2) is 9.48 Å². The highest BCUT2D eigenvalue weighted by molar-refractivity contribution is 6.32. The van der Waals surface area contributed by atoms with E-state index in [1.54, 1.807) is 22.9 Å². The zero-order chi connectivity index (χ0) is 17.6. The Morgan fingerprint density at radius 3 is 3.08 bits per heavy atom. The Hall–Kier alpha value is -2.61. The van der Waals surface area contributed by atoms with E-state index in [0.717, 1.165) is 6.42 Å². The third-order valence-corrected chi connectivity index (χ3v) is 3.70. The molecule has 1 aliphatic heterocycles. The fraction of sp³-hybridized carbons (Fsp3) is 0.375. The number of hydrogen-bond donors (Lipinski definition) is 0. The summed E-state index contributed by atoms with van der Waals surface area (Å²) in [7, 11) is 0. The van der Waals surface area contributed by atoms with E-state index >= 15 is 0 Å². The molecule has 0 atom stereocenters. The molecule has 0 amide bonds. The molecule has 2 heterocycles. The molecule has 0 spiro atoms. The summed E-state index contributed by atoms with van der Waals surface area (Å²) in [4.78, 5) is 11.9. The summed E-state index contributed by atoms with van der Waals surface area (Å²) in [6.07, 6.45) is 3.80. The van der Waals surface area contributed by atoms with E-state index in [2.05, 4.69) is 15.5 Å². The van der Waals surface area contributed by atoms with Gasteiger partial charge in [-0.05, 0) is 40.6 Å². The second kappa shape index (κ2) is 7.98. The summed E-state index contributed by atoms with van der Waals surface area (Å²) in [5.41, 5.74) is 0.710. The number of aryl methyl sites for hydroxylation is 1. The smallest absolute Gasteiger partial charge is 0.331 e. The first-order valence-corrected chi connectivity index (χ1v) is 8.24. The zero-order valence-corrected chi connectivity index (χ0v) is 14.4. The molecule has 0 aliphatic carbocycles. The van der Waals surface area contributed by atoms with Crippen molar-refractivity contribution in [2.75, 3.05) is 13.2 Å². The largest absolute Gasteiger partial charge is 0.486 e. The van der Waals surface area contributed by atoms with E-state index in [1.807, 2.05) is 6.92 Å². The SMILES string of the molecule is CCCn1nnnc1COC(=O)/C=C/c1cc(Cl)c2c(c1)OCCO2. The molecule has 0 radical (unpaired) electrons. The van der Waals surface area contributed by atoms with Gasteiger partial charge in [0.05, 0.1) is 5.02 Å². The molecule has 9 heteroatoms. The normalized spacial score (nSPS) is 13.2. The third kappa shape index (κ3) is 4.27. The minimum Gasteiger partial charge on any atom is -0.486 e. The Labute approximate surface area is 149 Å². The molecule has 0 bridgehead atoms. The van der Waals surface area contributed by atoms with Crippen LogP contribution in [0.5, 0.6) is 11.5 Å². The second-order valence-corrected chi connectivity index (χ2v) is 5.69. The number of halogens is 1. The van der Waals surface area contributed by atoms with Gasteiger partial charge >= 0.3 is 5.97 Å². The van der Waals surface area contributed by atoms with Gasteiger partial charge in [0.2, 0.25) is 0 Å². The van der Waals surface area contributed by atoms with Crippen molar-refractivity contribution in [3.05, 3.63) is 34.6 Å². The van der Waals surface area contributed by atoms with Crippen LogP contribution >= 0.6 is 11.6 Å². The number of benzene rings is 1. The lowest BCUT2D eigenvalue weighted by atomic mass is 10.2. The molecule has 1 aliphatic rings. The van der Waals surface area contributed by atoms with E-state index in [9.17, 15) is 4.79 Å². The number of hydrogen-bond acceptors (Lipinski definition) is 7. The number of aromatic nitrogens is 4. The van der Waals surface area contributed by atoms with Crippen LogP contribution in [0.4, 0.5) is 0 Å². The maximum Gasteiger partial charge on any atom is 0.331 e. The maximum atomic E-state index is 11.9. The molecule has 2 aromatic rings.